The highest BCUT2D eigenvalue weighted by Crippen LogP contribution is 2.08. The van der Waals surface area contributed by atoms with Crippen LogP contribution in [0, 0.1) is 0 Å². The summed E-state index contributed by atoms with van der Waals surface area (Å²) in [4.78, 5) is 26.6. The first-order valence-electron chi connectivity index (χ1n) is 8.94. The van der Waals surface area contributed by atoms with Crippen LogP contribution in [-0.4, -0.2) is 59.3 Å². The van der Waals surface area contributed by atoms with Gasteiger partial charge in [-0.25, -0.2) is 0 Å². The third-order valence-corrected chi connectivity index (χ3v) is 5.19. The van der Waals surface area contributed by atoms with E-state index in [0.29, 0.717) is 19.5 Å². The van der Waals surface area contributed by atoms with Crippen molar-refractivity contribution in [3.05, 3.63) is 58.3 Å². The van der Waals surface area contributed by atoms with Crippen LogP contribution in [0.3, 0.4) is 0 Å². The van der Waals surface area contributed by atoms with E-state index in [1.807, 2.05) is 47.8 Å². The molecule has 2 rings (SSSR count). The summed E-state index contributed by atoms with van der Waals surface area (Å²) in [5, 5.41) is 24.5. The number of aliphatic hydroxyl groups is 2. The van der Waals surface area contributed by atoms with Gasteiger partial charge in [-0.1, -0.05) is 36.4 Å². The molecule has 2 amide bonds. The van der Waals surface area contributed by atoms with Crippen molar-refractivity contribution in [1.82, 2.24) is 10.2 Å². The Hall–Kier alpha value is -2.22. The van der Waals surface area contributed by atoms with E-state index < -0.39 is 24.0 Å². The largest absolute Gasteiger partial charge is 0.380 e. The van der Waals surface area contributed by atoms with Gasteiger partial charge in [0.05, 0.1) is 0 Å². The lowest BCUT2D eigenvalue weighted by atomic mass is 10.1. The number of amides is 2. The van der Waals surface area contributed by atoms with E-state index in [-0.39, 0.29) is 0 Å². The Labute approximate surface area is 163 Å². The number of rotatable bonds is 10. The Morgan fingerprint density at radius 2 is 1.81 bits per heavy atom. The van der Waals surface area contributed by atoms with Crippen LogP contribution in [0.25, 0.3) is 0 Å². The first-order valence-corrected chi connectivity index (χ1v) is 9.82. The number of hydrogen-bond donors (Lipinski definition) is 3. The minimum atomic E-state index is -1.78. The summed E-state index contributed by atoms with van der Waals surface area (Å²) >= 11 is 1.58. The quantitative estimate of drug-likeness (QED) is 0.569. The van der Waals surface area contributed by atoms with Gasteiger partial charge in [0, 0.05) is 25.0 Å². The zero-order valence-corrected chi connectivity index (χ0v) is 16.2. The zero-order valence-electron chi connectivity index (χ0n) is 15.4. The molecule has 0 saturated carbocycles. The summed E-state index contributed by atoms with van der Waals surface area (Å²) in [6.07, 6.45) is -1.38. The fraction of sp³-hybridized carbons (Fsp3) is 0.400. The lowest BCUT2D eigenvalue weighted by Gasteiger charge is -2.23. The molecule has 0 radical (unpaired) electrons. The van der Waals surface area contributed by atoms with Crippen molar-refractivity contribution in [1.29, 1.82) is 0 Å². The minimum absolute atomic E-state index is 0.338. The van der Waals surface area contributed by atoms with E-state index in [4.69, 9.17) is 0 Å². The van der Waals surface area contributed by atoms with Crippen molar-refractivity contribution in [2.45, 2.75) is 31.5 Å². The van der Waals surface area contributed by atoms with E-state index in [1.54, 1.807) is 18.4 Å². The molecule has 146 valence electrons. The van der Waals surface area contributed by atoms with Crippen LogP contribution in [-0.2, 0) is 22.4 Å². The predicted octanol–water partition coefficient (Wildman–Crippen LogP) is 1.22. The summed E-state index contributed by atoms with van der Waals surface area (Å²) < 4.78 is 0. The van der Waals surface area contributed by atoms with Gasteiger partial charge in [0.2, 0.25) is 0 Å². The second-order valence-corrected chi connectivity index (χ2v) is 7.39. The highest BCUT2D eigenvalue weighted by molar-refractivity contribution is 7.09. The second-order valence-electron chi connectivity index (χ2n) is 6.36. The molecule has 0 bridgehead atoms. The van der Waals surface area contributed by atoms with Gasteiger partial charge in [-0.05, 0) is 36.3 Å². The lowest BCUT2D eigenvalue weighted by molar-refractivity contribution is -0.152. The minimum Gasteiger partial charge on any atom is -0.380 e. The molecule has 3 N–H and O–H groups in total. The van der Waals surface area contributed by atoms with Crippen molar-refractivity contribution >= 4 is 23.2 Å². The van der Waals surface area contributed by atoms with Crippen molar-refractivity contribution < 1.29 is 19.8 Å². The predicted molar refractivity (Wildman–Crippen MR) is 105 cm³/mol. The molecule has 0 spiro atoms. The van der Waals surface area contributed by atoms with Gasteiger partial charge in [0.1, 0.15) is 0 Å². The maximum atomic E-state index is 12.2. The van der Waals surface area contributed by atoms with Gasteiger partial charge in [0.25, 0.3) is 11.8 Å². The summed E-state index contributed by atoms with van der Waals surface area (Å²) in [5.41, 5.74) is 1.17. The number of hydrogen-bond acceptors (Lipinski definition) is 5. The van der Waals surface area contributed by atoms with Crippen LogP contribution in [0.15, 0.2) is 47.8 Å². The van der Waals surface area contributed by atoms with Gasteiger partial charge in [-0.2, -0.15) is 0 Å². The fourth-order valence-electron chi connectivity index (χ4n) is 2.65. The van der Waals surface area contributed by atoms with E-state index in [9.17, 15) is 19.8 Å². The Morgan fingerprint density at radius 1 is 1.07 bits per heavy atom. The van der Waals surface area contributed by atoms with Crippen molar-refractivity contribution in [2.75, 3.05) is 20.1 Å². The third kappa shape index (κ3) is 6.78. The normalized spacial score (nSPS) is 13.0. The van der Waals surface area contributed by atoms with Gasteiger partial charge >= 0.3 is 0 Å². The molecule has 27 heavy (non-hydrogen) atoms. The number of benzene rings is 1. The van der Waals surface area contributed by atoms with Crippen LogP contribution >= 0.6 is 11.3 Å². The monoisotopic (exact) mass is 390 g/mol. The van der Waals surface area contributed by atoms with Gasteiger partial charge in [0.15, 0.2) is 12.2 Å². The molecule has 6 nitrogen and oxygen atoms in total. The maximum Gasteiger partial charge on any atom is 0.254 e. The van der Waals surface area contributed by atoms with Gasteiger partial charge in [-0.15, -0.1) is 11.3 Å². The SMILES string of the molecule is CN(CCCc1ccccc1)C(=O)C(O)C(O)C(=O)NCCc1cccs1. The fourth-order valence-corrected chi connectivity index (χ4v) is 3.36. The molecule has 2 aromatic rings. The Kier molecular flexibility index (Phi) is 8.44. The number of carbonyl (C=O) groups excluding carboxylic acids is 2. The number of nitrogens with one attached hydrogen (secondary N) is 1. The Bertz CT molecular complexity index is 706. The lowest BCUT2D eigenvalue weighted by Crippen LogP contribution is -2.50. The molecule has 2 unspecified atom stereocenters. The Balaban J connectivity index is 1.72. The molecule has 7 heteroatoms. The van der Waals surface area contributed by atoms with Crippen LogP contribution < -0.4 is 5.32 Å². The van der Waals surface area contributed by atoms with E-state index in [2.05, 4.69) is 5.32 Å². The molecule has 0 saturated heterocycles. The number of nitrogens with zero attached hydrogens (tertiary/aromatic N) is 1. The van der Waals surface area contributed by atoms with Crippen molar-refractivity contribution in [3.8, 4) is 0 Å². The Morgan fingerprint density at radius 3 is 2.48 bits per heavy atom. The molecule has 2 atom stereocenters. The van der Waals surface area contributed by atoms with E-state index in [1.165, 1.54) is 10.5 Å². The molecular formula is C20H26N2O4S. The average Bonchev–Trinajstić information content (AvgIpc) is 3.20. The molecule has 1 aromatic heterocycles. The van der Waals surface area contributed by atoms with E-state index in [0.717, 1.165) is 17.7 Å². The van der Waals surface area contributed by atoms with Crippen LogP contribution in [0.2, 0.25) is 0 Å². The zero-order chi connectivity index (χ0) is 19.6. The summed E-state index contributed by atoms with van der Waals surface area (Å²) in [7, 11) is 1.55. The molecule has 0 fully saturated rings. The van der Waals surface area contributed by atoms with Crippen LogP contribution in [0.5, 0.6) is 0 Å². The summed E-state index contributed by atoms with van der Waals surface area (Å²) in [6.45, 7) is 0.766. The maximum absolute atomic E-state index is 12.2. The number of likely N-dealkylation sites (N-methyl/N-ethyl adjacent to an activating group) is 1. The number of thiophene rings is 1. The molecule has 0 aliphatic carbocycles. The average molecular weight is 391 g/mol. The first kappa shape index (κ1) is 21.1. The highest BCUT2D eigenvalue weighted by Gasteiger charge is 2.31. The smallest absolute Gasteiger partial charge is 0.254 e. The van der Waals surface area contributed by atoms with Crippen LogP contribution in [0.1, 0.15) is 16.9 Å². The summed E-state index contributed by atoms with van der Waals surface area (Å²) in [5.74, 6) is -1.41. The van der Waals surface area contributed by atoms with Crippen LogP contribution in [0.4, 0.5) is 0 Å². The van der Waals surface area contributed by atoms with Gasteiger partial charge in [-0.3, -0.25) is 9.59 Å². The number of aliphatic hydroxyl groups excluding tert-OH is 2. The molecule has 0 aliphatic rings. The van der Waals surface area contributed by atoms with Gasteiger partial charge < -0.3 is 20.4 Å². The second kappa shape index (κ2) is 10.8. The van der Waals surface area contributed by atoms with Crippen molar-refractivity contribution in [3.63, 3.8) is 0 Å². The first-order chi connectivity index (χ1) is 13.0. The number of carbonyl (C=O) groups is 2. The molecule has 1 heterocycles. The number of aryl methyl sites for hydroxylation is 1. The third-order valence-electron chi connectivity index (χ3n) is 4.25. The molecule has 0 aliphatic heterocycles. The molecular weight excluding hydrogens is 364 g/mol. The molecule has 1 aromatic carbocycles. The topological polar surface area (TPSA) is 89.9 Å². The van der Waals surface area contributed by atoms with E-state index >= 15 is 0 Å². The van der Waals surface area contributed by atoms with Crippen molar-refractivity contribution in [2.24, 2.45) is 0 Å². The highest BCUT2D eigenvalue weighted by atomic mass is 32.1. The summed E-state index contributed by atoms with van der Waals surface area (Å²) in [6, 6.07) is 13.8. The standard InChI is InChI=1S/C20H26N2O4S/c1-22(13-5-9-15-7-3-2-4-8-15)20(26)18(24)17(23)19(25)21-12-11-16-10-6-14-27-16/h2-4,6-8,10,14,17-18,23-24H,5,9,11-13H2,1H3,(H,21,25).